The summed E-state index contributed by atoms with van der Waals surface area (Å²) in [7, 11) is 1.93. The highest BCUT2D eigenvalue weighted by Crippen LogP contribution is 2.19. The van der Waals surface area contributed by atoms with E-state index in [0.717, 1.165) is 20.6 Å². The number of rotatable bonds is 3. The average molecular weight is 350 g/mol. The first-order valence-electron chi connectivity index (χ1n) is 7.60. The first kappa shape index (κ1) is 15.3. The third-order valence-electron chi connectivity index (χ3n) is 3.83. The Morgan fingerprint density at radius 1 is 1.20 bits per heavy atom. The van der Waals surface area contributed by atoms with E-state index >= 15 is 0 Å². The first-order valence-corrected chi connectivity index (χ1v) is 8.41. The van der Waals surface area contributed by atoms with Gasteiger partial charge in [0.2, 0.25) is 4.80 Å². The largest absolute Gasteiger partial charge is 0.444 e. The zero-order valence-electron chi connectivity index (χ0n) is 13.3. The van der Waals surface area contributed by atoms with Gasteiger partial charge in [-0.2, -0.15) is 0 Å². The van der Waals surface area contributed by atoms with Gasteiger partial charge in [-0.25, -0.2) is 10.4 Å². The number of hydrogen-bond acceptors (Lipinski definition) is 5. The monoisotopic (exact) mass is 350 g/mol. The van der Waals surface area contributed by atoms with E-state index < -0.39 is 0 Å². The van der Waals surface area contributed by atoms with Crippen LogP contribution in [0.1, 0.15) is 10.4 Å². The fraction of sp³-hybridized carbons (Fsp3) is 0.0556. The Balaban J connectivity index is 1.56. The molecule has 0 radical (unpaired) electrons. The van der Waals surface area contributed by atoms with E-state index in [1.165, 1.54) is 17.7 Å². The molecule has 7 heteroatoms. The van der Waals surface area contributed by atoms with Gasteiger partial charge in [-0.1, -0.05) is 35.6 Å². The topological polar surface area (TPSA) is 72.4 Å². The molecule has 0 aliphatic heterocycles. The van der Waals surface area contributed by atoms with E-state index in [1.807, 2.05) is 48.0 Å². The van der Waals surface area contributed by atoms with Crippen LogP contribution in [0.15, 0.2) is 70.6 Å². The van der Waals surface area contributed by atoms with E-state index in [9.17, 15) is 4.79 Å². The van der Waals surface area contributed by atoms with Gasteiger partial charge in [0.25, 0.3) is 5.91 Å². The number of hydrogen-bond donors (Lipinski definition) is 1. The second kappa shape index (κ2) is 6.37. The molecule has 2 aromatic heterocycles. The highest BCUT2D eigenvalue weighted by molar-refractivity contribution is 7.16. The van der Waals surface area contributed by atoms with Crippen molar-refractivity contribution in [3.05, 3.63) is 71.5 Å². The van der Waals surface area contributed by atoms with Crippen molar-refractivity contribution < 1.29 is 9.21 Å². The van der Waals surface area contributed by atoms with Crippen LogP contribution < -0.4 is 10.2 Å². The van der Waals surface area contributed by atoms with Crippen LogP contribution in [0, 0.1) is 0 Å². The fourth-order valence-electron chi connectivity index (χ4n) is 2.50. The van der Waals surface area contributed by atoms with Crippen LogP contribution in [0.2, 0.25) is 0 Å². The summed E-state index contributed by atoms with van der Waals surface area (Å²) in [5, 5.41) is 4.25. The number of para-hydroxylation sites is 1. The number of aryl methyl sites for hydroxylation is 1. The van der Waals surface area contributed by atoms with Crippen LogP contribution in [0.3, 0.4) is 0 Å². The number of nitrogens with zero attached hydrogens (tertiary/aromatic N) is 3. The molecule has 0 fully saturated rings. The first-order chi connectivity index (χ1) is 12.2. The Bertz CT molecular complexity index is 1090. The van der Waals surface area contributed by atoms with Gasteiger partial charge in [-0.3, -0.25) is 4.79 Å². The van der Waals surface area contributed by atoms with Gasteiger partial charge in [0.05, 0.1) is 16.4 Å². The summed E-state index contributed by atoms with van der Waals surface area (Å²) < 4.78 is 8.31. The molecule has 124 valence electrons. The molecule has 0 spiro atoms. The number of thiazole rings is 1. The number of fused-ring (bicyclic) bond motifs is 1. The second-order valence-corrected chi connectivity index (χ2v) is 6.42. The van der Waals surface area contributed by atoms with Crippen molar-refractivity contribution in [2.75, 3.05) is 0 Å². The summed E-state index contributed by atoms with van der Waals surface area (Å²) in [6.07, 6.45) is 3.01. The lowest BCUT2D eigenvalue weighted by Crippen LogP contribution is -2.23. The van der Waals surface area contributed by atoms with Crippen molar-refractivity contribution in [2.45, 2.75) is 0 Å². The summed E-state index contributed by atoms with van der Waals surface area (Å²) in [5.41, 5.74) is 5.08. The lowest BCUT2D eigenvalue weighted by molar-refractivity contribution is 0.0953. The van der Waals surface area contributed by atoms with Crippen LogP contribution in [-0.4, -0.2) is 15.5 Å². The number of amides is 1. The standard InChI is InChI=1S/C18H14N4O2S/c1-22-14-4-2-3-5-16(14)25-18(22)21-20-17(23)13-8-6-12(7-9-13)15-10-19-11-24-15/h2-11H,1H3,(H,20,23). The van der Waals surface area contributed by atoms with Crippen LogP contribution in [-0.2, 0) is 7.05 Å². The zero-order chi connectivity index (χ0) is 17.2. The van der Waals surface area contributed by atoms with Crippen LogP contribution in [0.4, 0.5) is 0 Å². The van der Waals surface area contributed by atoms with Crippen molar-refractivity contribution in [3.8, 4) is 11.3 Å². The molecule has 6 nitrogen and oxygen atoms in total. The molecule has 0 aliphatic rings. The Morgan fingerprint density at radius 3 is 2.72 bits per heavy atom. The van der Waals surface area contributed by atoms with Gasteiger partial charge in [-0.15, -0.1) is 5.10 Å². The van der Waals surface area contributed by atoms with Gasteiger partial charge in [-0.05, 0) is 24.3 Å². The highest BCUT2D eigenvalue weighted by Gasteiger charge is 2.07. The number of benzene rings is 2. The Kier molecular flexibility index (Phi) is 3.91. The minimum atomic E-state index is -0.262. The number of nitrogens with one attached hydrogen (secondary N) is 1. The van der Waals surface area contributed by atoms with Crippen molar-refractivity contribution in [1.29, 1.82) is 0 Å². The average Bonchev–Trinajstić information content (AvgIpc) is 3.29. The molecule has 4 rings (SSSR count). The Labute approximate surface area is 147 Å². The van der Waals surface area contributed by atoms with Crippen molar-refractivity contribution in [1.82, 2.24) is 15.0 Å². The summed E-state index contributed by atoms with van der Waals surface area (Å²) >= 11 is 1.52. The van der Waals surface area contributed by atoms with E-state index in [-0.39, 0.29) is 5.91 Å². The molecule has 4 aromatic rings. The SMILES string of the molecule is Cn1c(=NNC(=O)c2ccc(-c3cnco3)cc2)sc2ccccc21. The van der Waals surface area contributed by atoms with Gasteiger partial charge in [0.1, 0.15) is 0 Å². The molecule has 0 unspecified atom stereocenters. The zero-order valence-corrected chi connectivity index (χ0v) is 14.2. The molecule has 2 heterocycles. The van der Waals surface area contributed by atoms with Crippen molar-refractivity contribution in [3.63, 3.8) is 0 Å². The molecule has 0 atom stereocenters. The molecule has 25 heavy (non-hydrogen) atoms. The predicted octanol–water partition coefficient (Wildman–Crippen LogP) is 3.14. The number of carbonyl (C=O) groups is 1. The number of oxazole rings is 1. The van der Waals surface area contributed by atoms with E-state index in [1.54, 1.807) is 18.3 Å². The van der Waals surface area contributed by atoms with E-state index in [0.29, 0.717) is 11.3 Å². The molecular weight excluding hydrogens is 336 g/mol. The van der Waals surface area contributed by atoms with Gasteiger partial charge in [0, 0.05) is 18.2 Å². The minimum absolute atomic E-state index is 0.262. The predicted molar refractivity (Wildman–Crippen MR) is 95.8 cm³/mol. The molecule has 0 aliphatic carbocycles. The lowest BCUT2D eigenvalue weighted by atomic mass is 10.1. The molecule has 0 saturated heterocycles. The normalized spacial score (nSPS) is 11.8. The third kappa shape index (κ3) is 2.97. The third-order valence-corrected chi connectivity index (χ3v) is 4.94. The number of aromatic nitrogens is 2. The summed E-state index contributed by atoms with van der Waals surface area (Å²) in [6, 6.07) is 15.1. The summed E-state index contributed by atoms with van der Waals surface area (Å²) in [4.78, 5) is 16.9. The van der Waals surface area contributed by atoms with Crippen LogP contribution in [0.25, 0.3) is 21.5 Å². The maximum absolute atomic E-state index is 12.3. The highest BCUT2D eigenvalue weighted by atomic mass is 32.1. The van der Waals surface area contributed by atoms with Crippen molar-refractivity contribution in [2.24, 2.45) is 12.1 Å². The molecular formula is C18H14N4O2S. The van der Waals surface area contributed by atoms with Gasteiger partial charge >= 0.3 is 0 Å². The van der Waals surface area contributed by atoms with E-state index in [4.69, 9.17) is 4.42 Å². The van der Waals surface area contributed by atoms with Crippen LogP contribution >= 0.6 is 11.3 Å². The molecule has 0 saturated carbocycles. The van der Waals surface area contributed by atoms with Crippen LogP contribution in [0.5, 0.6) is 0 Å². The molecule has 1 amide bonds. The number of carbonyl (C=O) groups excluding carboxylic acids is 1. The summed E-state index contributed by atoms with van der Waals surface area (Å²) in [5.74, 6) is 0.399. The quantitative estimate of drug-likeness (QED) is 0.577. The maximum Gasteiger partial charge on any atom is 0.271 e. The van der Waals surface area contributed by atoms with Crippen molar-refractivity contribution >= 4 is 27.5 Å². The molecule has 2 aromatic carbocycles. The Morgan fingerprint density at radius 2 is 2.00 bits per heavy atom. The maximum atomic E-state index is 12.3. The van der Waals surface area contributed by atoms with Gasteiger partial charge < -0.3 is 8.98 Å². The molecule has 0 bridgehead atoms. The fourth-order valence-corrected chi connectivity index (χ4v) is 3.48. The minimum Gasteiger partial charge on any atom is -0.444 e. The van der Waals surface area contributed by atoms with Gasteiger partial charge in [0.15, 0.2) is 12.2 Å². The molecule has 1 N–H and O–H groups in total. The summed E-state index contributed by atoms with van der Waals surface area (Å²) in [6.45, 7) is 0. The van der Waals surface area contributed by atoms with E-state index in [2.05, 4.69) is 15.5 Å². The lowest BCUT2D eigenvalue weighted by Gasteiger charge is -2.01. The second-order valence-electron chi connectivity index (χ2n) is 5.41. The smallest absolute Gasteiger partial charge is 0.271 e. The Hall–Kier alpha value is -3.19.